The summed E-state index contributed by atoms with van der Waals surface area (Å²) in [4.78, 5) is 26.8. The van der Waals surface area contributed by atoms with Gasteiger partial charge in [-0.3, -0.25) is 4.79 Å². The van der Waals surface area contributed by atoms with Gasteiger partial charge in [0.15, 0.2) is 0 Å². The highest BCUT2D eigenvalue weighted by atomic mass is 16.5. The first-order valence-corrected chi connectivity index (χ1v) is 12.4. The number of carbonyl (C=O) groups excluding carboxylic acids is 1. The predicted octanol–water partition coefficient (Wildman–Crippen LogP) is 4.86. The molecule has 1 N–H and O–H groups in total. The van der Waals surface area contributed by atoms with Crippen molar-refractivity contribution < 1.29 is 9.53 Å². The van der Waals surface area contributed by atoms with E-state index in [1.54, 1.807) is 0 Å². The summed E-state index contributed by atoms with van der Waals surface area (Å²) in [5.41, 5.74) is 3.83. The van der Waals surface area contributed by atoms with Crippen LogP contribution < -0.4 is 10.2 Å². The zero-order valence-corrected chi connectivity index (χ0v) is 20.0. The molecular weight excluding hydrogens is 414 g/mol. The number of amides is 1. The second kappa shape index (κ2) is 9.29. The Hall–Kier alpha value is -2.67. The smallest absolute Gasteiger partial charge is 0.273 e. The molecule has 2 aromatic rings. The third-order valence-corrected chi connectivity index (χ3v) is 7.18. The largest absolute Gasteiger partial charge is 0.375 e. The quantitative estimate of drug-likeness (QED) is 0.703. The van der Waals surface area contributed by atoms with Gasteiger partial charge in [-0.05, 0) is 57.2 Å². The molecule has 1 unspecified atom stereocenters. The van der Waals surface area contributed by atoms with Crippen molar-refractivity contribution in [2.45, 2.75) is 77.5 Å². The molecule has 1 amide bonds. The second-order valence-electron chi connectivity index (χ2n) is 9.94. The summed E-state index contributed by atoms with van der Waals surface area (Å²) >= 11 is 0. The molecule has 7 nitrogen and oxygen atoms in total. The molecule has 1 atom stereocenters. The van der Waals surface area contributed by atoms with Crippen LogP contribution in [-0.2, 0) is 11.3 Å². The molecule has 1 saturated carbocycles. The summed E-state index contributed by atoms with van der Waals surface area (Å²) in [5, 5.41) is 3.52. The molecule has 1 aromatic heterocycles. The van der Waals surface area contributed by atoms with E-state index in [-0.39, 0.29) is 18.1 Å². The number of hydrogen-bond donors (Lipinski definition) is 1. The summed E-state index contributed by atoms with van der Waals surface area (Å²) in [6.45, 7) is 8.75. The molecule has 0 bridgehead atoms. The Labute approximate surface area is 196 Å². The summed E-state index contributed by atoms with van der Waals surface area (Å²) in [6.07, 6.45) is 6.73. The Bertz CT molecular complexity index is 1000. The molecule has 5 rings (SSSR count). The molecule has 2 fully saturated rings. The fourth-order valence-corrected chi connectivity index (χ4v) is 5.25. The number of aromatic nitrogens is 2. The summed E-state index contributed by atoms with van der Waals surface area (Å²) in [6, 6.07) is 8.89. The molecule has 2 aliphatic heterocycles. The topological polar surface area (TPSA) is 70.6 Å². The highest BCUT2D eigenvalue weighted by molar-refractivity contribution is 5.98. The standard InChI is InChI=1S/C26H35N5O2/c1-17(2)31-16-22-23(25(31)32)28-26(30-13-14-33-18(3)15-30)29-24(22)27-21-11-9-20(10-12-21)19-7-5-4-6-8-19/h9-12,17-19H,4-8,13-16H2,1-3H3,(H,27,28,29). The maximum absolute atomic E-state index is 13.1. The highest BCUT2D eigenvalue weighted by Crippen LogP contribution is 2.35. The molecule has 1 aliphatic carbocycles. The van der Waals surface area contributed by atoms with Crippen LogP contribution in [0.2, 0.25) is 0 Å². The van der Waals surface area contributed by atoms with Crippen LogP contribution in [0.25, 0.3) is 0 Å². The second-order valence-corrected chi connectivity index (χ2v) is 9.94. The van der Waals surface area contributed by atoms with E-state index >= 15 is 0 Å². The number of nitrogens with one attached hydrogen (secondary N) is 1. The van der Waals surface area contributed by atoms with E-state index in [1.807, 2.05) is 18.7 Å². The zero-order chi connectivity index (χ0) is 22.9. The van der Waals surface area contributed by atoms with Gasteiger partial charge < -0.3 is 19.9 Å². The van der Waals surface area contributed by atoms with Crippen LogP contribution in [0.15, 0.2) is 24.3 Å². The lowest BCUT2D eigenvalue weighted by atomic mass is 9.84. The molecule has 33 heavy (non-hydrogen) atoms. The van der Waals surface area contributed by atoms with Crippen molar-refractivity contribution in [1.29, 1.82) is 0 Å². The number of rotatable bonds is 5. The lowest BCUT2D eigenvalue weighted by Gasteiger charge is -2.31. The molecule has 0 spiro atoms. The third-order valence-electron chi connectivity index (χ3n) is 7.18. The van der Waals surface area contributed by atoms with E-state index in [0.717, 1.165) is 30.2 Å². The van der Waals surface area contributed by atoms with Crippen LogP contribution in [0, 0.1) is 0 Å². The van der Waals surface area contributed by atoms with Gasteiger partial charge in [0.1, 0.15) is 11.5 Å². The normalized spacial score (nSPS) is 21.6. The SMILES string of the molecule is CC1CN(c2nc(Nc3ccc(C4CCCCC4)cc3)c3c(n2)C(=O)N(C(C)C)C3)CCO1. The van der Waals surface area contributed by atoms with Gasteiger partial charge >= 0.3 is 0 Å². The van der Waals surface area contributed by atoms with E-state index < -0.39 is 0 Å². The maximum atomic E-state index is 13.1. The Morgan fingerprint density at radius 1 is 1.09 bits per heavy atom. The monoisotopic (exact) mass is 449 g/mol. The molecule has 1 aromatic carbocycles. The number of carbonyl (C=O) groups is 1. The predicted molar refractivity (Wildman–Crippen MR) is 130 cm³/mol. The Kier molecular flexibility index (Phi) is 6.23. The average Bonchev–Trinajstić information content (AvgIpc) is 3.17. The summed E-state index contributed by atoms with van der Waals surface area (Å²) in [5.74, 6) is 2.00. The van der Waals surface area contributed by atoms with Crippen molar-refractivity contribution in [3.8, 4) is 0 Å². The Balaban J connectivity index is 1.44. The van der Waals surface area contributed by atoms with Gasteiger partial charge in [-0.15, -0.1) is 0 Å². The molecule has 0 radical (unpaired) electrons. The lowest BCUT2D eigenvalue weighted by molar-refractivity contribution is 0.0526. The van der Waals surface area contributed by atoms with Crippen LogP contribution in [0.3, 0.4) is 0 Å². The van der Waals surface area contributed by atoms with Gasteiger partial charge in [-0.1, -0.05) is 31.4 Å². The fourth-order valence-electron chi connectivity index (χ4n) is 5.25. The van der Waals surface area contributed by atoms with E-state index in [0.29, 0.717) is 30.7 Å². The van der Waals surface area contributed by atoms with Crippen LogP contribution in [-0.4, -0.2) is 52.6 Å². The van der Waals surface area contributed by atoms with Crippen molar-refractivity contribution in [3.05, 3.63) is 41.1 Å². The minimum Gasteiger partial charge on any atom is -0.375 e. The molecule has 3 heterocycles. The van der Waals surface area contributed by atoms with E-state index in [2.05, 4.69) is 41.4 Å². The fraction of sp³-hybridized carbons (Fsp3) is 0.577. The summed E-state index contributed by atoms with van der Waals surface area (Å²) in [7, 11) is 0. The molecule has 3 aliphatic rings. The number of morpholine rings is 1. The van der Waals surface area contributed by atoms with Crippen LogP contribution in [0.1, 0.15) is 80.4 Å². The first-order valence-electron chi connectivity index (χ1n) is 12.4. The van der Waals surface area contributed by atoms with Gasteiger partial charge in [0.25, 0.3) is 5.91 Å². The number of fused-ring (bicyclic) bond motifs is 1. The van der Waals surface area contributed by atoms with Gasteiger partial charge in [0.2, 0.25) is 5.95 Å². The molecule has 1 saturated heterocycles. The van der Waals surface area contributed by atoms with Crippen molar-refractivity contribution in [2.75, 3.05) is 29.9 Å². The number of nitrogens with zero attached hydrogens (tertiary/aromatic N) is 4. The number of anilines is 3. The minimum atomic E-state index is -0.0133. The highest BCUT2D eigenvalue weighted by Gasteiger charge is 2.35. The van der Waals surface area contributed by atoms with E-state index in [4.69, 9.17) is 14.7 Å². The van der Waals surface area contributed by atoms with Crippen LogP contribution in [0.4, 0.5) is 17.5 Å². The Morgan fingerprint density at radius 2 is 1.85 bits per heavy atom. The van der Waals surface area contributed by atoms with E-state index in [9.17, 15) is 4.79 Å². The first-order chi connectivity index (χ1) is 16.0. The molecule has 7 heteroatoms. The van der Waals surface area contributed by atoms with Gasteiger partial charge in [0, 0.05) is 30.4 Å². The Morgan fingerprint density at radius 3 is 2.55 bits per heavy atom. The minimum absolute atomic E-state index is 0.0133. The zero-order valence-electron chi connectivity index (χ0n) is 20.0. The van der Waals surface area contributed by atoms with Crippen molar-refractivity contribution in [3.63, 3.8) is 0 Å². The van der Waals surface area contributed by atoms with Gasteiger partial charge in [0.05, 0.1) is 19.3 Å². The summed E-state index contributed by atoms with van der Waals surface area (Å²) < 4.78 is 5.69. The van der Waals surface area contributed by atoms with Crippen LogP contribution >= 0.6 is 0 Å². The van der Waals surface area contributed by atoms with Crippen molar-refractivity contribution >= 4 is 23.4 Å². The lowest BCUT2D eigenvalue weighted by Crippen LogP contribution is -2.42. The van der Waals surface area contributed by atoms with Crippen molar-refractivity contribution in [1.82, 2.24) is 14.9 Å². The first kappa shape index (κ1) is 22.1. The molecular formula is C26H35N5O2. The van der Waals surface area contributed by atoms with Crippen LogP contribution in [0.5, 0.6) is 0 Å². The molecule has 176 valence electrons. The number of ether oxygens (including phenoxy) is 1. The van der Waals surface area contributed by atoms with E-state index in [1.165, 1.54) is 37.7 Å². The number of hydrogen-bond acceptors (Lipinski definition) is 6. The number of benzene rings is 1. The third kappa shape index (κ3) is 4.56. The average molecular weight is 450 g/mol. The van der Waals surface area contributed by atoms with Gasteiger partial charge in [-0.25, -0.2) is 4.98 Å². The van der Waals surface area contributed by atoms with Crippen molar-refractivity contribution in [2.24, 2.45) is 0 Å². The maximum Gasteiger partial charge on any atom is 0.273 e. The van der Waals surface area contributed by atoms with Gasteiger partial charge in [-0.2, -0.15) is 4.98 Å².